The van der Waals surface area contributed by atoms with Crippen molar-refractivity contribution in [3.8, 4) is 0 Å². The monoisotopic (exact) mass is 204 g/mol. The lowest BCUT2D eigenvalue weighted by Gasteiger charge is -2.19. The van der Waals surface area contributed by atoms with Gasteiger partial charge < -0.3 is 14.6 Å². The van der Waals surface area contributed by atoms with Gasteiger partial charge in [-0.15, -0.1) is 0 Å². The minimum Gasteiger partial charge on any atom is -0.396 e. The summed E-state index contributed by atoms with van der Waals surface area (Å²) >= 11 is 0. The summed E-state index contributed by atoms with van der Waals surface area (Å²) in [6.07, 6.45) is 3.36. The van der Waals surface area contributed by atoms with Crippen LogP contribution < -0.4 is 0 Å². The second-order valence-electron chi connectivity index (χ2n) is 3.96. The van der Waals surface area contributed by atoms with E-state index in [1.807, 2.05) is 0 Å². The molecular weight excluding hydrogens is 180 g/mol. The van der Waals surface area contributed by atoms with Crippen molar-refractivity contribution in [3.63, 3.8) is 0 Å². The van der Waals surface area contributed by atoms with Gasteiger partial charge in [-0.1, -0.05) is 20.3 Å². The highest BCUT2D eigenvalue weighted by atomic mass is 16.7. The minimum absolute atomic E-state index is 0.268. The maximum atomic E-state index is 8.96. The third-order valence-electron chi connectivity index (χ3n) is 2.30. The predicted molar refractivity (Wildman–Crippen MR) is 57.1 cm³/mol. The third-order valence-corrected chi connectivity index (χ3v) is 2.30. The highest BCUT2D eigenvalue weighted by Crippen LogP contribution is 2.17. The zero-order chi connectivity index (χ0) is 10.8. The summed E-state index contributed by atoms with van der Waals surface area (Å²) in [5.74, 6) is 0.926. The Morgan fingerprint density at radius 1 is 1.36 bits per heavy atom. The Bertz CT molecular complexity index is 117. The van der Waals surface area contributed by atoms with Gasteiger partial charge >= 0.3 is 0 Å². The van der Waals surface area contributed by atoms with Crippen molar-refractivity contribution in [3.05, 3.63) is 0 Å². The molecule has 86 valence electrons. The van der Waals surface area contributed by atoms with Crippen LogP contribution in [0.2, 0.25) is 0 Å². The molecule has 0 bridgehead atoms. The SMILES string of the molecule is CCC[C@H](COCOC)C[C@H](C)CO. The van der Waals surface area contributed by atoms with Gasteiger partial charge in [0.05, 0.1) is 6.61 Å². The summed E-state index contributed by atoms with van der Waals surface area (Å²) in [5.41, 5.74) is 0. The molecule has 1 N–H and O–H groups in total. The van der Waals surface area contributed by atoms with E-state index in [2.05, 4.69) is 13.8 Å². The van der Waals surface area contributed by atoms with E-state index >= 15 is 0 Å². The molecule has 0 aliphatic rings. The molecule has 2 atom stereocenters. The number of rotatable bonds is 9. The largest absolute Gasteiger partial charge is 0.396 e. The smallest absolute Gasteiger partial charge is 0.146 e. The lowest BCUT2D eigenvalue weighted by atomic mass is 9.93. The fourth-order valence-corrected chi connectivity index (χ4v) is 1.62. The number of ether oxygens (including phenoxy) is 2. The summed E-state index contributed by atoms with van der Waals surface area (Å²) in [4.78, 5) is 0. The number of hydrogen-bond donors (Lipinski definition) is 1. The van der Waals surface area contributed by atoms with Crippen LogP contribution in [0.25, 0.3) is 0 Å². The van der Waals surface area contributed by atoms with E-state index in [0.717, 1.165) is 19.4 Å². The first-order chi connectivity index (χ1) is 6.74. The van der Waals surface area contributed by atoms with E-state index in [0.29, 0.717) is 18.6 Å². The quantitative estimate of drug-likeness (QED) is 0.461. The molecule has 0 radical (unpaired) electrons. The summed E-state index contributed by atoms with van der Waals surface area (Å²) in [6.45, 7) is 5.62. The van der Waals surface area contributed by atoms with E-state index in [4.69, 9.17) is 14.6 Å². The Hall–Kier alpha value is -0.120. The second kappa shape index (κ2) is 9.44. The van der Waals surface area contributed by atoms with Crippen molar-refractivity contribution in [1.82, 2.24) is 0 Å². The van der Waals surface area contributed by atoms with Gasteiger partial charge in [0.25, 0.3) is 0 Å². The van der Waals surface area contributed by atoms with Gasteiger partial charge in [-0.3, -0.25) is 0 Å². The Labute approximate surface area is 87.4 Å². The van der Waals surface area contributed by atoms with Crippen molar-refractivity contribution in [2.24, 2.45) is 11.8 Å². The third kappa shape index (κ3) is 7.30. The van der Waals surface area contributed by atoms with Gasteiger partial charge in [-0.25, -0.2) is 0 Å². The Kier molecular flexibility index (Phi) is 9.35. The van der Waals surface area contributed by atoms with E-state index in [1.165, 1.54) is 6.42 Å². The maximum Gasteiger partial charge on any atom is 0.146 e. The van der Waals surface area contributed by atoms with Crippen LogP contribution in [0.5, 0.6) is 0 Å². The zero-order valence-electron chi connectivity index (χ0n) is 9.66. The molecule has 0 aromatic rings. The molecule has 0 heterocycles. The molecular formula is C11H24O3. The Morgan fingerprint density at radius 2 is 2.07 bits per heavy atom. The fourth-order valence-electron chi connectivity index (χ4n) is 1.62. The molecule has 0 aromatic heterocycles. The molecule has 0 aliphatic carbocycles. The van der Waals surface area contributed by atoms with Crippen LogP contribution in [0.1, 0.15) is 33.1 Å². The molecule has 0 fully saturated rings. The number of hydrogen-bond acceptors (Lipinski definition) is 3. The molecule has 3 nitrogen and oxygen atoms in total. The normalized spacial score (nSPS) is 15.4. The minimum atomic E-state index is 0.268. The van der Waals surface area contributed by atoms with Gasteiger partial charge in [0.15, 0.2) is 0 Å². The summed E-state index contributed by atoms with van der Waals surface area (Å²) in [7, 11) is 1.63. The molecule has 0 spiro atoms. The van der Waals surface area contributed by atoms with Gasteiger partial charge in [0.1, 0.15) is 6.79 Å². The van der Waals surface area contributed by atoms with Crippen LogP contribution >= 0.6 is 0 Å². The summed E-state index contributed by atoms with van der Waals surface area (Å²) in [5, 5.41) is 8.96. The molecule has 0 amide bonds. The first kappa shape index (κ1) is 13.9. The van der Waals surface area contributed by atoms with Gasteiger partial charge in [0.2, 0.25) is 0 Å². The van der Waals surface area contributed by atoms with Crippen molar-refractivity contribution in [2.45, 2.75) is 33.1 Å². The molecule has 0 saturated heterocycles. The highest BCUT2D eigenvalue weighted by Gasteiger charge is 2.12. The number of aliphatic hydroxyl groups is 1. The van der Waals surface area contributed by atoms with Gasteiger partial charge in [0, 0.05) is 13.7 Å². The zero-order valence-corrected chi connectivity index (χ0v) is 9.66. The molecule has 0 rings (SSSR count). The van der Waals surface area contributed by atoms with Crippen molar-refractivity contribution in [2.75, 3.05) is 27.1 Å². The molecule has 0 aliphatic heterocycles. The van der Waals surface area contributed by atoms with E-state index in [-0.39, 0.29) is 6.61 Å². The highest BCUT2D eigenvalue weighted by molar-refractivity contribution is 4.62. The first-order valence-corrected chi connectivity index (χ1v) is 5.42. The van der Waals surface area contributed by atoms with E-state index < -0.39 is 0 Å². The van der Waals surface area contributed by atoms with Crippen LogP contribution in [0.4, 0.5) is 0 Å². The fraction of sp³-hybridized carbons (Fsp3) is 1.00. The Balaban J connectivity index is 3.65. The summed E-state index contributed by atoms with van der Waals surface area (Å²) in [6, 6.07) is 0. The lowest BCUT2D eigenvalue weighted by Crippen LogP contribution is -2.16. The van der Waals surface area contributed by atoms with Crippen LogP contribution in [0.3, 0.4) is 0 Å². The van der Waals surface area contributed by atoms with Crippen LogP contribution in [0, 0.1) is 11.8 Å². The number of methoxy groups -OCH3 is 1. The maximum absolute atomic E-state index is 8.96. The topological polar surface area (TPSA) is 38.7 Å². The van der Waals surface area contributed by atoms with Crippen molar-refractivity contribution in [1.29, 1.82) is 0 Å². The molecule has 0 aromatic carbocycles. The number of aliphatic hydroxyl groups excluding tert-OH is 1. The summed E-state index contributed by atoms with van der Waals surface area (Å²) < 4.78 is 10.2. The molecule has 14 heavy (non-hydrogen) atoms. The van der Waals surface area contributed by atoms with E-state index in [1.54, 1.807) is 7.11 Å². The van der Waals surface area contributed by atoms with Crippen molar-refractivity contribution >= 4 is 0 Å². The lowest BCUT2D eigenvalue weighted by molar-refractivity contribution is -0.0471. The van der Waals surface area contributed by atoms with E-state index in [9.17, 15) is 0 Å². The van der Waals surface area contributed by atoms with Gasteiger partial charge in [-0.2, -0.15) is 0 Å². The van der Waals surface area contributed by atoms with Crippen molar-refractivity contribution < 1.29 is 14.6 Å². The second-order valence-corrected chi connectivity index (χ2v) is 3.96. The molecule has 3 heteroatoms. The average molecular weight is 204 g/mol. The van der Waals surface area contributed by atoms with Crippen LogP contribution in [-0.2, 0) is 9.47 Å². The predicted octanol–water partition coefficient (Wildman–Crippen LogP) is 2.04. The van der Waals surface area contributed by atoms with Crippen LogP contribution in [0.15, 0.2) is 0 Å². The average Bonchev–Trinajstić information content (AvgIpc) is 2.18. The Morgan fingerprint density at radius 3 is 2.57 bits per heavy atom. The first-order valence-electron chi connectivity index (χ1n) is 5.42. The molecule has 0 unspecified atom stereocenters. The molecule has 0 saturated carbocycles. The standard InChI is InChI=1S/C11H24O3/c1-4-5-11(6-10(2)7-12)8-14-9-13-3/h10-12H,4-9H2,1-3H3/t10-,11-/m0/s1. The van der Waals surface area contributed by atoms with Gasteiger partial charge in [-0.05, 0) is 24.7 Å². The van der Waals surface area contributed by atoms with Crippen LogP contribution in [-0.4, -0.2) is 32.2 Å².